The Morgan fingerprint density at radius 1 is 0.905 bits per heavy atom. The molecule has 0 heterocycles. The van der Waals surface area contributed by atoms with Crippen molar-refractivity contribution in [2.75, 3.05) is 14.2 Å². The molecule has 0 aliphatic carbocycles. The van der Waals surface area contributed by atoms with Gasteiger partial charge in [0.15, 0.2) is 0 Å². The molecule has 0 aliphatic heterocycles. The number of benzene rings is 2. The molecule has 0 radical (unpaired) electrons. The maximum Gasteiger partial charge on any atom is 0.134 e. The van der Waals surface area contributed by atoms with E-state index in [0.717, 1.165) is 10.0 Å². The van der Waals surface area contributed by atoms with Gasteiger partial charge < -0.3 is 19.9 Å². The molecule has 21 heavy (non-hydrogen) atoms. The second kappa shape index (κ2) is 6.83. The van der Waals surface area contributed by atoms with Crippen LogP contribution in [0.3, 0.4) is 0 Å². The number of hydrogen-bond acceptors (Lipinski definition) is 4. The summed E-state index contributed by atoms with van der Waals surface area (Å²) in [6.07, 6.45) is 0. The van der Waals surface area contributed by atoms with Gasteiger partial charge in [-0.25, -0.2) is 0 Å². The largest absolute Gasteiger partial charge is 0.496 e. The fraction of sp³-hybridized carbons (Fsp3) is 0.250. The van der Waals surface area contributed by atoms with Gasteiger partial charge >= 0.3 is 0 Å². The Kier molecular flexibility index (Phi) is 5.09. The highest BCUT2D eigenvalue weighted by atomic mass is 79.9. The maximum absolute atomic E-state index is 5.89. The summed E-state index contributed by atoms with van der Waals surface area (Å²) in [5, 5.41) is 0. The Labute approximate surface area is 132 Å². The molecule has 0 saturated carbocycles. The van der Waals surface area contributed by atoms with Crippen molar-refractivity contribution < 1.29 is 14.2 Å². The van der Waals surface area contributed by atoms with Crippen LogP contribution >= 0.6 is 15.9 Å². The average molecular weight is 352 g/mol. The molecule has 2 aromatic carbocycles. The highest BCUT2D eigenvalue weighted by molar-refractivity contribution is 9.10. The first kappa shape index (κ1) is 15.7. The summed E-state index contributed by atoms with van der Waals surface area (Å²) in [4.78, 5) is 0. The summed E-state index contributed by atoms with van der Waals surface area (Å²) in [7, 11) is 3.21. The molecular formula is C16H18BrNO3. The second-order valence-electron chi connectivity index (χ2n) is 4.62. The molecule has 0 spiro atoms. The van der Waals surface area contributed by atoms with Crippen LogP contribution in [0.4, 0.5) is 0 Å². The van der Waals surface area contributed by atoms with E-state index in [-0.39, 0.29) is 6.04 Å². The van der Waals surface area contributed by atoms with Gasteiger partial charge in [0.25, 0.3) is 0 Å². The molecule has 0 fully saturated rings. The Bertz CT molecular complexity index is 607. The average Bonchev–Trinajstić information content (AvgIpc) is 2.46. The predicted molar refractivity (Wildman–Crippen MR) is 86.4 cm³/mol. The number of halogens is 1. The lowest BCUT2D eigenvalue weighted by Crippen LogP contribution is -2.05. The molecule has 2 rings (SSSR count). The molecule has 4 nitrogen and oxygen atoms in total. The fourth-order valence-corrected chi connectivity index (χ4v) is 2.64. The normalized spacial score (nSPS) is 11.9. The van der Waals surface area contributed by atoms with Crippen LogP contribution in [0.1, 0.15) is 18.5 Å². The molecular weight excluding hydrogens is 334 g/mol. The lowest BCUT2D eigenvalue weighted by molar-refractivity contribution is 0.386. The Morgan fingerprint density at radius 2 is 1.48 bits per heavy atom. The molecule has 0 saturated heterocycles. The van der Waals surface area contributed by atoms with E-state index in [2.05, 4.69) is 15.9 Å². The third kappa shape index (κ3) is 3.89. The monoisotopic (exact) mass is 351 g/mol. The standard InChI is InChI=1S/C16H18BrNO3/c1-10(18)15-5-4-11(9-16(15)17)21-14-7-12(19-2)6-13(8-14)20-3/h4-10H,18H2,1-3H3/t10-/m0/s1. The van der Waals surface area contributed by atoms with Crippen molar-refractivity contribution in [2.45, 2.75) is 13.0 Å². The summed E-state index contributed by atoms with van der Waals surface area (Å²) < 4.78 is 17.2. The topological polar surface area (TPSA) is 53.7 Å². The summed E-state index contributed by atoms with van der Waals surface area (Å²) in [6.45, 7) is 1.94. The van der Waals surface area contributed by atoms with Crippen molar-refractivity contribution in [3.63, 3.8) is 0 Å². The zero-order valence-electron chi connectivity index (χ0n) is 12.2. The molecule has 0 bridgehead atoms. The van der Waals surface area contributed by atoms with Gasteiger partial charge in [-0.1, -0.05) is 22.0 Å². The van der Waals surface area contributed by atoms with E-state index in [1.165, 1.54) is 0 Å². The van der Waals surface area contributed by atoms with E-state index in [9.17, 15) is 0 Å². The van der Waals surface area contributed by atoms with Crippen LogP contribution in [-0.4, -0.2) is 14.2 Å². The van der Waals surface area contributed by atoms with Gasteiger partial charge in [-0.15, -0.1) is 0 Å². The Morgan fingerprint density at radius 3 is 1.95 bits per heavy atom. The predicted octanol–water partition coefficient (Wildman–Crippen LogP) is 4.28. The van der Waals surface area contributed by atoms with Gasteiger partial charge in [0, 0.05) is 28.7 Å². The number of ether oxygens (including phenoxy) is 3. The number of rotatable bonds is 5. The second-order valence-corrected chi connectivity index (χ2v) is 5.48. The molecule has 0 amide bonds. The quantitative estimate of drug-likeness (QED) is 0.873. The van der Waals surface area contributed by atoms with Crippen molar-refractivity contribution in [1.82, 2.24) is 0 Å². The summed E-state index contributed by atoms with van der Waals surface area (Å²) in [5.41, 5.74) is 6.92. The SMILES string of the molecule is COc1cc(OC)cc(Oc2ccc([C@H](C)N)c(Br)c2)c1. The first-order valence-electron chi connectivity index (χ1n) is 6.49. The lowest BCUT2D eigenvalue weighted by atomic mass is 10.1. The van der Waals surface area contributed by atoms with E-state index in [1.807, 2.05) is 25.1 Å². The Hall–Kier alpha value is -1.72. The van der Waals surface area contributed by atoms with E-state index < -0.39 is 0 Å². The summed E-state index contributed by atoms with van der Waals surface area (Å²) in [5.74, 6) is 2.71. The summed E-state index contributed by atoms with van der Waals surface area (Å²) in [6, 6.07) is 11.1. The smallest absolute Gasteiger partial charge is 0.134 e. The number of nitrogens with two attached hydrogens (primary N) is 1. The van der Waals surface area contributed by atoms with E-state index in [4.69, 9.17) is 19.9 Å². The minimum Gasteiger partial charge on any atom is -0.496 e. The highest BCUT2D eigenvalue weighted by Gasteiger charge is 2.08. The van der Waals surface area contributed by atoms with Gasteiger partial charge in [-0.05, 0) is 24.6 Å². The molecule has 2 aromatic rings. The van der Waals surface area contributed by atoms with E-state index >= 15 is 0 Å². The molecule has 0 aromatic heterocycles. The van der Waals surface area contributed by atoms with E-state index in [0.29, 0.717) is 23.0 Å². The zero-order valence-corrected chi connectivity index (χ0v) is 13.8. The minimum absolute atomic E-state index is 0.0367. The highest BCUT2D eigenvalue weighted by Crippen LogP contribution is 2.33. The fourth-order valence-electron chi connectivity index (χ4n) is 1.92. The van der Waals surface area contributed by atoms with Crippen LogP contribution in [-0.2, 0) is 0 Å². The van der Waals surface area contributed by atoms with Gasteiger partial charge in [0.1, 0.15) is 23.0 Å². The molecule has 112 valence electrons. The van der Waals surface area contributed by atoms with Crippen LogP contribution < -0.4 is 19.9 Å². The van der Waals surface area contributed by atoms with Crippen molar-refractivity contribution in [3.8, 4) is 23.0 Å². The van der Waals surface area contributed by atoms with Crippen LogP contribution in [0.2, 0.25) is 0 Å². The molecule has 5 heteroatoms. The van der Waals surface area contributed by atoms with Crippen LogP contribution in [0, 0.1) is 0 Å². The van der Waals surface area contributed by atoms with Crippen molar-refractivity contribution in [3.05, 3.63) is 46.4 Å². The van der Waals surface area contributed by atoms with Gasteiger partial charge in [0.05, 0.1) is 14.2 Å². The molecule has 1 atom stereocenters. The van der Waals surface area contributed by atoms with Crippen LogP contribution in [0.15, 0.2) is 40.9 Å². The van der Waals surface area contributed by atoms with Crippen molar-refractivity contribution >= 4 is 15.9 Å². The first-order valence-corrected chi connectivity index (χ1v) is 7.28. The maximum atomic E-state index is 5.89. The number of hydrogen-bond donors (Lipinski definition) is 1. The Balaban J connectivity index is 2.27. The molecule has 0 aliphatic rings. The van der Waals surface area contributed by atoms with Crippen LogP contribution in [0.25, 0.3) is 0 Å². The zero-order chi connectivity index (χ0) is 15.4. The number of methoxy groups -OCH3 is 2. The van der Waals surface area contributed by atoms with Crippen molar-refractivity contribution in [2.24, 2.45) is 5.73 Å². The summed E-state index contributed by atoms with van der Waals surface area (Å²) >= 11 is 3.51. The molecule has 2 N–H and O–H groups in total. The van der Waals surface area contributed by atoms with Gasteiger partial charge in [0.2, 0.25) is 0 Å². The van der Waals surface area contributed by atoms with E-state index in [1.54, 1.807) is 32.4 Å². The lowest BCUT2D eigenvalue weighted by Gasteiger charge is -2.12. The third-order valence-corrected chi connectivity index (χ3v) is 3.71. The third-order valence-electron chi connectivity index (χ3n) is 3.02. The molecule has 0 unspecified atom stereocenters. The minimum atomic E-state index is -0.0367. The van der Waals surface area contributed by atoms with Crippen LogP contribution in [0.5, 0.6) is 23.0 Å². The van der Waals surface area contributed by atoms with Gasteiger partial charge in [-0.2, -0.15) is 0 Å². The van der Waals surface area contributed by atoms with Gasteiger partial charge in [-0.3, -0.25) is 0 Å². The van der Waals surface area contributed by atoms with Crippen molar-refractivity contribution in [1.29, 1.82) is 0 Å². The first-order chi connectivity index (χ1) is 10.0.